The van der Waals surface area contributed by atoms with Crippen molar-refractivity contribution in [2.75, 3.05) is 0 Å². The first kappa shape index (κ1) is 12.4. The van der Waals surface area contributed by atoms with Gasteiger partial charge in [-0.25, -0.2) is 0 Å². The van der Waals surface area contributed by atoms with E-state index in [9.17, 15) is 0 Å². The molecule has 0 saturated heterocycles. The second kappa shape index (κ2) is 3.71. The summed E-state index contributed by atoms with van der Waals surface area (Å²) in [6.45, 7) is 2.32. The normalized spacial score (nSPS) is 42.6. The number of fused-ring (bicyclic) bond motifs is 1. The first-order valence-electron chi connectivity index (χ1n) is 9.50. The van der Waals surface area contributed by atoms with Gasteiger partial charge in [-0.15, -0.1) is 0 Å². The molecule has 114 valence electrons. The highest BCUT2D eigenvalue weighted by molar-refractivity contribution is 5.68. The van der Waals surface area contributed by atoms with Crippen LogP contribution >= 0.6 is 0 Å². The summed E-state index contributed by atoms with van der Waals surface area (Å²) in [5.74, 6) is 3.17. The van der Waals surface area contributed by atoms with E-state index in [1.807, 2.05) is 0 Å². The van der Waals surface area contributed by atoms with E-state index in [1.54, 1.807) is 41.5 Å². The van der Waals surface area contributed by atoms with Crippen LogP contribution in [0.5, 0.6) is 0 Å². The van der Waals surface area contributed by atoms with Gasteiger partial charge in [0.1, 0.15) is 0 Å². The number of allylic oxidation sites excluding steroid dienone is 1. The molecule has 1 spiro atoms. The largest absolute Gasteiger partial charge is 0.0683 e. The van der Waals surface area contributed by atoms with Crippen LogP contribution < -0.4 is 0 Å². The molecule has 5 fully saturated rings. The zero-order valence-electron chi connectivity index (χ0n) is 13.7. The zero-order chi connectivity index (χ0) is 14.5. The van der Waals surface area contributed by atoms with Crippen LogP contribution in [0.4, 0.5) is 0 Å². The SMILES string of the molecule is CC1=Cc2c(cccc2C23CC4CC(CC(C4)C24CC4)C3)C1. The van der Waals surface area contributed by atoms with Crippen molar-refractivity contribution in [2.24, 2.45) is 23.2 Å². The number of rotatable bonds is 1. The lowest BCUT2D eigenvalue weighted by atomic mass is 9.41. The highest BCUT2D eigenvalue weighted by Crippen LogP contribution is 2.78. The Morgan fingerprint density at radius 1 is 1.00 bits per heavy atom. The van der Waals surface area contributed by atoms with Crippen LogP contribution in [0.15, 0.2) is 23.8 Å². The van der Waals surface area contributed by atoms with Crippen LogP contribution in [0.1, 0.15) is 68.6 Å². The lowest BCUT2D eigenvalue weighted by Gasteiger charge is -2.63. The Hall–Kier alpha value is -1.04. The molecule has 0 amide bonds. The molecule has 1 aromatic rings. The van der Waals surface area contributed by atoms with Gasteiger partial charge in [0.25, 0.3) is 0 Å². The molecule has 0 heteroatoms. The predicted molar refractivity (Wildman–Crippen MR) is 90.7 cm³/mol. The van der Waals surface area contributed by atoms with E-state index in [0.717, 1.165) is 23.2 Å². The summed E-state index contributed by atoms with van der Waals surface area (Å²) in [5, 5.41) is 0. The lowest BCUT2D eigenvalue weighted by molar-refractivity contribution is -0.0775. The quantitative estimate of drug-likeness (QED) is 0.640. The van der Waals surface area contributed by atoms with Crippen molar-refractivity contribution in [2.45, 2.75) is 63.7 Å². The molecule has 0 N–H and O–H groups in total. The van der Waals surface area contributed by atoms with Gasteiger partial charge in [-0.1, -0.05) is 29.8 Å². The van der Waals surface area contributed by atoms with Crippen LogP contribution in [-0.4, -0.2) is 0 Å². The Balaban J connectivity index is 1.59. The fraction of sp³-hybridized carbons (Fsp3) is 0.636. The topological polar surface area (TPSA) is 0 Å². The number of hydrogen-bond acceptors (Lipinski definition) is 0. The predicted octanol–water partition coefficient (Wildman–Crippen LogP) is 5.50. The molecule has 0 heterocycles. The van der Waals surface area contributed by atoms with Crippen molar-refractivity contribution < 1.29 is 0 Å². The maximum atomic E-state index is 2.53. The summed E-state index contributed by atoms with van der Waals surface area (Å²) in [4.78, 5) is 0. The molecule has 22 heavy (non-hydrogen) atoms. The van der Waals surface area contributed by atoms with Gasteiger partial charge < -0.3 is 0 Å². The van der Waals surface area contributed by atoms with Crippen LogP contribution in [-0.2, 0) is 11.8 Å². The van der Waals surface area contributed by atoms with Crippen molar-refractivity contribution in [3.63, 3.8) is 0 Å². The molecular formula is C22H26. The summed E-state index contributed by atoms with van der Waals surface area (Å²) >= 11 is 0. The van der Waals surface area contributed by atoms with Gasteiger partial charge in [-0.2, -0.15) is 0 Å². The van der Waals surface area contributed by atoms with Crippen molar-refractivity contribution >= 4 is 6.08 Å². The van der Waals surface area contributed by atoms with Gasteiger partial charge in [0.15, 0.2) is 0 Å². The van der Waals surface area contributed by atoms with Crippen molar-refractivity contribution in [3.8, 4) is 0 Å². The molecule has 2 atom stereocenters. The van der Waals surface area contributed by atoms with Gasteiger partial charge >= 0.3 is 0 Å². The molecule has 1 aromatic carbocycles. The smallest absolute Gasteiger partial charge is 0.00233 e. The van der Waals surface area contributed by atoms with E-state index < -0.39 is 0 Å². The minimum absolute atomic E-state index is 0.564. The summed E-state index contributed by atoms with van der Waals surface area (Å²) in [5.41, 5.74) is 7.89. The minimum atomic E-state index is 0.564. The van der Waals surface area contributed by atoms with Gasteiger partial charge in [-0.3, -0.25) is 0 Å². The fourth-order valence-corrected chi connectivity index (χ4v) is 7.68. The molecule has 2 unspecified atom stereocenters. The fourth-order valence-electron chi connectivity index (χ4n) is 7.68. The number of benzene rings is 1. The average molecular weight is 290 g/mol. The highest BCUT2D eigenvalue weighted by atomic mass is 14.7. The van der Waals surface area contributed by atoms with E-state index in [4.69, 9.17) is 0 Å². The van der Waals surface area contributed by atoms with E-state index in [2.05, 4.69) is 31.2 Å². The second-order valence-corrected chi connectivity index (χ2v) is 9.33. The summed E-state index contributed by atoms with van der Waals surface area (Å²) in [7, 11) is 0. The third-order valence-corrected chi connectivity index (χ3v) is 8.27. The monoisotopic (exact) mass is 290 g/mol. The minimum Gasteiger partial charge on any atom is -0.0683 e. The Morgan fingerprint density at radius 2 is 1.77 bits per heavy atom. The van der Waals surface area contributed by atoms with Crippen LogP contribution in [0.2, 0.25) is 0 Å². The van der Waals surface area contributed by atoms with Crippen LogP contribution in [0.25, 0.3) is 6.08 Å². The van der Waals surface area contributed by atoms with Crippen molar-refractivity contribution in [3.05, 3.63) is 40.5 Å². The first-order chi connectivity index (χ1) is 10.7. The molecule has 6 aliphatic carbocycles. The molecule has 0 nitrogen and oxygen atoms in total. The Kier molecular flexibility index (Phi) is 2.09. The van der Waals surface area contributed by atoms with E-state index >= 15 is 0 Å². The molecule has 4 bridgehead atoms. The van der Waals surface area contributed by atoms with Crippen molar-refractivity contribution in [1.82, 2.24) is 0 Å². The highest BCUT2D eigenvalue weighted by Gasteiger charge is 2.70. The molecule has 7 rings (SSSR count). The molecule has 5 saturated carbocycles. The summed E-state index contributed by atoms with van der Waals surface area (Å²) in [6, 6.07) is 7.28. The molecule has 6 aliphatic rings. The zero-order valence-corrected chi connectivity index (χ0v) is 13.7. The Labute approximate surface area is 134 Å². The summed E-state index contributed by atoms with van der Waals surface area (Å²) in [6.07, 6.45) is 14.5. The first-order valence-corrected chi connectivity index (χ1v) is 9.50. The Morgan fingerprint density at radius 3 is 2.50 bits per heavy atom. The maximum absolute atomic E-state index is 2.53. The van der Waals surface area contributed by atoms with Gasteiger partial charge in [0.2, 0.25) is 0 Å². The second-order valence-electron chi connectivity index (χ2n) is 9.33. The van der Waals surface area contributed by atoms with E-state index in [0.29, 0.717) is 5.41 Å². The average Bonchev–Trinajstić information content (AvgIpc) is 3.20. The third kappa shape index (κ3) is 1.29. The van der Waals surface area contributed by atoms with E-state index in [1.165, 1.54) is 32.1 Å². The van der Waals surface area contributed by atoms with E-state index in [-0.39, 0.29) is 0 Å². The standard InChI is InChI=1S/C22H26/c1-14-7-17-3-2-4-20(19(17)8-14)22-12-15-9-16(13-22)11-18(10-15)21(22)5-6-21/h2-4,8,15-16,18H,5-7,9-13H2,1H3. The van der Waals surface area contributed by atoms with Gasteiger partial charge in [-0.05, 0) is 98.1 Å². The maximum Gasteiger partial charge on any atom is 0.00233 e. The van der Waals surface area contributed by atoms with Gasteiger partial charge in [0, 0.05) is 5.41 Å². The number of hydrogen-bond donors (Lipinski definition) is 0. The molecule has 0 radical (unpaired) electrons. The Bertz CT molecular complexity index is 689. The van der Waals surface area contributed by atoms with Crippen molar-refractivity contribution in [1.29, 1.82) is 0 Å². The lowest BCUT2D eigenvalue weighted by Crippen LogP contribution is -2.56. The molecular weight excluding hydrogens is 264 g/mol. The van der Waals surface area contributed by atoms with Crippen LogP contribution in [0, 0.1) is 23.2 Å². The molecule has 0 aliphatic heterocycles. The van der Waals surface area contributed by atoms with Crippen LogP contribution in [0.3, 0.4) is 0 Å². The molecule has 0 aromatic heterocycles. The third-order valence-electron chi connectivity index (χ3n) is 8.27. The summed E-state index contributed by atoms with van der Waals surface area (Å²) < 4.78 is 0. The van der Waals surface area contributed by atoms with Gasteiger partial charge in [0.05, 0.1) is 0 Å².